The van der Waals surface area contributed by atoms with Crippen LogP contribution in [0.3, 0.4) is 0 Å². The second kappa shape index (κ2) is 6.28. The smallest absolute Gasteiger partial charge is 0.225 e. The predicted octanol–water partition coefficient (Wildman–Crippen LogP) is 2.98. The third kappa shape index (κ3) is 2.93. The Kier molecular flexibility index (Phi) is 3.83. The van der Waals surface area contributed by atoms with E-state index in [2.05, 4.69) is 27.1 Å². The number of hydrogen-bond donors (Lipinski definition) is 0. The fraction of sp³-hybridized carbons (Fsp3) is 0.211. The van der Waals surface area contributed by atoms with E-state index < -0.39 is 0 Å². The van der Waals surface area contributed by atoms with Crippen LogP contribution in [0.5, 0.6) is 5.75 Å². The minimum atomic E-state index is 0.123. The molecule has 120 valence electrons. The van der Waals surface area contributed by atoms with Gasteiger partial charge in [0.25, 0.3) is 0 Å². The maximum atomic E-state index is 6.01. The number of likely N-dealkylation sites (N-methyl/N-ethyl adjacent to an activating group) is 1. The average Bonchev–Trinajstić information content (AvgIpc) is 3.05. The van der Waals surface area contributed by atoms with Crippen LogP contribution in [-0.2, 0) is 6.42 Å². The van der Waals surface area contributed by atoms with Crippen LogP contribution < -0.4 is 9.64 Å². The Hall–Kier alpha value is -2.95. The predicted molar refractivity (Wildman–Crippen MR) is 93.1 cm³/mol. The molecular weight excluding hydrogens is 300 g/mol. The lowest BCUT2D eigenvalue weighted by Gasteiger charge is -2.21. The van der Waals surface area contributed by atoms with Crippen molar-refractivity contribution in [3.05, 3.63) is 66.6 Å². The van der Waals surface area contributed by atoms with Gasteiger partial charge < -0.3 is 9.64 Å². The Morgan fingerprint density at radius 2 is 2.04 bits per heavy atom. The van der Waals surface area contributed by atoms with Gasteiger partial charge in [0.15, 0.2) is 0 Å². The van der Waals surface area contributed by atoms with Gasteiger partial charge in [-0.1, -0.05) is 18.2 Å². The first-order valence-electron chi connectivity index (χ1n) is 7.99. The molecule has 1 aliphatic heterocycles. The third-order valence-electron chi connectivity index (χ3n) is 4.13. The molecule has 5 nitrogen and oxygen atoms in total. The molecule has 2 aromatic heterocycles. The highest BCUT2D eigenvalue weighted by Crippen LogP contribution is 2.28. The normalized spacial score (nSPS) is 15.6. The highest BCUT2D eigenvalue weighted by Gasteiger charge is 2.24. The number of aromatic nitrogens is 3. The topological polar surface area (TPSA) is 51.1 Å². The first-order valence-corrected chi connectivity index (χ1v) is 7.99. The van der Waals surface area contributed by atoms with Crippen molar-refractivity contribution in [3.63, 3.8) is 0 Å². The number of para-hydroxylation sites is 1. The Balaban J connectivity index is 1.49. The van der Waals surface area contributed by atoms with E-state index in [0.29, 0.717) is 5.95 Å². The fourth-order valence-corrected chi connectivity index (χ4v) is 2.95. The number of fused-ring (bicyclic) bond motifs is 1. The van der Waals surface area contributed by atoms with Crippen LogP contribution in [0, 0.1) is 0 Å². The molecule has 0 amide bonds. The number of anilines is 1. The SMILES string of the molecule is CN(C[C@H]1Cc2ccccc2O1)c1nccc(-c2cccnc2)n1. The monoisotopic (exact) mass is 318 g/mol. The first kappa shape index (κ1) is 14.6. The van der Waals surface area contributed by atoms with E-state index in [-0.39, 0.29) is 6.10 Å². The second-order valence-corrected chi connectivity index (χ2v) is 5.92. The average molecular weight is 318 g/mol. The molecule has 0 spiro atoms. The molecule has 5 heteroatoms. The van der Waals surface area contributed by atoms with E-state index >= 15 is 0 Å². The molecule has 0 unspecified atom stereocenters. The third-order valence-corrected chi connectivity index (χ3v) is 4.13. The van der Waals surface area contributed by atoms with E-state index in [1.807, 2.05) is 48.5 Å². The molecule has 1 atom stereocenters. The lowest BCUT2D eigenvalue weighted by Crippen LogP contribution is -2.33. The van der Waals surface area contributed by atoms with Crippen LogP contribution >= 0.6 is 0 Å². The number of benzene rings is 1. The van der Waals surface area contributed by atoms with Crippen molar-refractivity contribution >= 4 is 5.95 Å². The standard InChI is InChI=1S/C19H18N4O/c1-23(13-16-11-14-5-2-3-7-18(14)24-16)19-21-10-8-17(22-19)15-6-4-9-20-12-15/h2-10,12,16H,11,13H2,1H3/t16-/m1/s1. The molecule has 0 radical (unpaired) electrons. The van der Waals surface area contributed by atoms with Crippen molar-refractivity contribution < 1.29 is 4.74 Å². The molecule has 3 aromatic rings. The minimum absolute atomic E-state index is 0.123. The number of rotatable bonds is 4. The van der Waals surface area contributed by atoms with E-state index in [9.17, 15) is 0 Å². The van der Waals surface area contributed by atoms with Gasteiger partial charge in [-0.2, -0.15) is 0 Å². The summed E-state index contributed by atoms with van der Waals surface area (Å²) in [5.74, 6) is 1.68. The molecule has 0 saturated heterocycles. The van der Waals surface area contributed by atoms with Crippen LogP contribution in [0.15, 0.2) is 61.1 Å². The van der Waals surface area contributed by atoms with E-state index in [4.69, 9.17) is 4.74 Å². The number of ether oxygens (including phenoxy) is 1. The molecule has 0 N–H and O–H groups in total. The molecular formula is C19H18N4O. The summed E-state index contributed by atoms with van der Waals surface area (Å²) >= 11 is 0. The summed E-state index contributed by atoms with van der Waals surface area (Å²) in [4.78, 5) is 15.2. The van der Waals surface area contributed by atoms with Crippen LogP contribution in [0.2, 0.25) is 0 Å². The lowest BCUT2D eigenvalue weighted by molar-refractivity contribution is 0.238. The van der Waals surface area contributed by atoms with Gasteiger partial charge in [0.1, 0.15) is 11.9 Å². The largest absolute Gasteiger partial charge is 0.488 e. The van der Waals surface area contributed by atoms with E-state index in [1.54, 1.807) is 12.4 Å². The summed E-state index contributed by atoms with van der Waals surface area (Å²) in [6.45, 7) is 0.741. The molecule has 1 aromatic carbocycles. The summed E-state index contributed by atoms with van der Waals surface area (Å²) < 4.78 is 6.01. The summed E-state index contributed by atoms with van der Waals surface area (Å²) in [5, 5.41) is 0. The van der Waals surface area contributed by atoms with Crippen molar-refractivity contribution in [1.29, 1.82) is 0 Å². The molecule has 0 fully saturated rings. The van der Waals surface area contributed by atoms with E-state index in [0.717, 1.165) is 30.0 Å². The quantitative estimate of drug-likeness (QED) is 0.740. The van der Waals surface area contributed by atoms with Gasteiger partial charge in [-0.3, -0.25) is 4.98 Å². The summed E-state index contributed by atoms with van der Waals surface area (Å²) in [7, 11) is 1.99. The van der Waals surface area contributed by atoms with Crippen LogP contribution in [0.25, 0.3) is 11.3 Å². The molecule has 0 saturated carbocycles. The van der Waals surface area contributed by atoms with Crippen LogP contribution in [0.4, 0.5) is 5.95 Å². The molecule has 24 heavy (non-hydrogen) atoms. The molecule has 4 rings (SSSR count). The molecule has 0 aliphatic carbocycles. The zero-order chi connectivity index (χ0) is 16.4. The Bertz CT molecular complexity index is 813. The Labute approximate surface area is 141 Å². The highest BCUT2D eigenvalue weighted by atomic mass is 16.5. The minimum Gasteiger partial charge on any atom is -0.488 e. The van der Waals surface area contributed by atoms with Gasteiger partial charge >= 0.3 is 0 Å². The van der Waals surface area contributed by atoms with Gasteiger partial charge in [0.2, 0.25) is 5.95 Å². The maximum Gasteiger partial charge on any atom is 0.225 e. The van der Waals surface area contributed by atoms with Gasteiger partial charge in [0, 0.05) is 37.6 Å². The summed E-state index contributed by atoms with van der Waals surface area (Å²) in [6, 6.07) is 14.0. The van der Waals surface area contributed by atoms with Gasteiger partial charge in [-0.25, -0.2) is 9.97 Å². The van der Waals surface area contributed by atoms with Crippen LogP contribution in [-0.4, -0.2) is 34.6 Å². The van der Waals surface area contributed by atoms with Crippen molar-refractivity contribution in [2.75, 3.05) is 18.5 Å². The fourth-order valence-electron chi connectivity index (χ4n) is 2.95. The van der Waals surface area contributed by atoms with Crippen molar-refractivity contribution in [2.24, 2.45) is 0 Å². The van der Waals surface area contributed by atoms with Crippen molar-refractivity contribution in [2.45, 2.75) is 12.5 Å². The van der Waals surface area contributed by atoms with E-state index in [1.165, 1.54) is 5.56 Å². The number of pyridine rings is 1. The molecule has 0 bridgehead atoms. The first-order chi connectivity index (χ1) is 11.8. The zero-order valence-electron chi connectivity index (χ0n) is 13.5. The maximum absolute atomic E-state index is 6.01. The van der Waals surface area contributed by atoms with Crippen molar-refractivity contribution in [1.82, 2.24) is 15.0 Å². The number of nitrogens with zero attached hydrogens (tertiary/aromatic N) is 4. The van der Waals surface area contributed by atoms with Gasteiger partial charge in [-0.15, -0.1) is 0 Å². The van der Waals surface area contributed by atoms with Crippen molar-refractivity contribution in [3.8, 4) is 17.0 Å². The zero-order valence-corrected chi connectivity index (χ0v) is 13.5. The second-order valence-electron chi connectivity index (χ2n) is 5.92. The highest BCUT2D eigenvalue weighted by molar-refractivity contribution is 5.58. The Morgan fingerprint density at radius 3 is 2.88 bits per heavy atom. The summed E-state index contributed by atoms with van der Waals surface area (Å²) in [5.41, 5.74) is 3.12. The molecule has 3 heterocycles. The van der Waals surface area contributed by atoms with Gasteiger partial charge in [0.05, 0.1) is 12.2 Å². The van der Waals surface area contributed by atoms with Crippen LogP contribution in [0.1, 0.15) is 5.56 Å². The number of hydrogen-bond acceptors (Lipinski definition) is 5. The Morgan fingerprint density at radius 1 is 1.12 bits per heavy atom. The molecule has 1 aliphatic rings. The van der Waals surface area contributed by atoms with Gasteiger partial charge in [-0.05, 0) is 29.8 Å². The lowest BCUT2D eigenvalue weighted by atomic mass is 10.1. The summed E-state index contributed by atoms with van der Waals surface area (Å²) in [6.07, 6.45) is 6.39.